The largest absolute Gasteiger partial charge is 0.497 e. The molecule has 0 amide bonds. The lowest BCUT2D eigenvalue weighted by Gasteiger charge is -2.39. The van der Waals surface area contributed by atoms with E-state index in [0.29, 0.717) is 19.1 Å². The first-order chi connectivity index (χ1) is 14.0. The zero-order chi connectivity index (χ0) is 20.8. The van der Waals surface area contributed by atoms with Gasteiger partial charge in [0.1, 0.15) is 5.75 Å². The molecule has 1 aromatic heterocycles. The molecule has 0 aliphatic carbocycles. The molecule has 1 fully saturated rings. The highest BCUT2D eigenvalue weighted by molar-refractivity contribution is 6.33. The maximum absolute atomic E-state index is 12.6. The Morgan fingerprint density at radius 2 is 2.00 bits per heavy atom. The Bertz CT molecular complexity index is 828. The molecule has 0 saturated carbocycles. The van der Waals surface area contributed by atoms with Gasteiger partial charge in [-0.05, 0) is 57.1 Å². The molecule has 1 aromatic carbocycles. The summed E-state index contributed by atoms with van der Waals surface area (Å²) < 4.78 is 16.3. The van der Waals surface area contributed by atoms with E-state index in [4.69, 9.17) is 25.8 Å². The van der Waals surface area contributed by atoms with Crippen molar-refractivity contribution >= 4 is 17.6 Å². The van der Waals surface area contributed by atoms with E-state index in [9.17, 15) is 4.79 Å². The van der Waals surface area contributed by atoms with Gasteiger partial charge in [0.05, 0.1) is 25.3 Å². The number of nitrogens with zero attached hydrogens (tertiary/aromatic N) is 2. The molecule has 156 valence electrons. The van der Waals surface area contributed by atoms with Crippen molar-refractivity contribution in [2.45, 2.75) is 25.8 Å². The Morgan fingerprint density at radius 3 is 2.69 bits per heavy atom. The van der Waals surface area contributed by atoms with Crippen LogP contribution in [0.25, 0.3) is 0 Å². The highest BCUT2D eigenvalue weighted by atomic mass is 35.5. The zero-order valence-corrected chi connectivity index (χ0v) is 17.8. The van der Waals surface area contributed by atoms with Gasteiger partial charge in [-0.1, -0.05) is 23.7 Å². The summed E-state index contributed by atoms with van der Waals surface area (Å²) >= 11 is 6.15. The van der Waals surface area contributed by atoms with Gasteiger partial charge in [-0.3, -0.25) is 4.90 Å². The van der Waals surface area contributed by atoms with E-state index in [2.05, 4.69) is 29.1 Å². The summed E-state index contributed by atoms with van der Waals surface area (Å²) in [5.74, 6) is 0.834. The molecule has 2 aromatic rings. The molecule has 0 N–H and O–H groups in total. The van der Waals surface area contributed by atoms with Crippen LogP contribution in [0, 0.1) is 5.92 Å². The Balaban J connectivity index is 1.72. The zero-order valence-electron chi connectivity index (χ0n) is 17.1. The maximum atomic E-state index is 12.6. The van der Waals surface area contributed by atoms with Gasteiger partial charge in [0.25, 0.3) is 0 Å². The topological polar surface area (TPSA) is 60.9 Å². The molecular weight excluding hydrogens is 392 g/mol. The SMILES string of the molecule is CCOc1ccc(Cl)c(C(=O)OC[C@@H]2CCCN(C)[C@H]2c2ccc(OC)cc2)n1. The number of aromatic nitrogens is 1. The summed E-state index contributed by atoms with van der Waals surface area (Å²) in [7, 11) is 3.76. The van der Waals surface area contributed by atoms with E-state index in [1.807, 2.05) is 19.1 Å². The van der Waals surface area contributed by atoms with Gasteiger partial charge < -0.3 is 14.2 Å². The van der Waals surface area contributed by atoms with Crippen LogP contribution in [0.15, 0.2) is 36.4 Å². The van der Waals surface area contributed by atoms with Gasteiger partial charge in [-0.25, -0.2) is 9.78 Å². The van der Waals surface area contributed by atoms with Crippen molar-refractivity contribution in [1.82, 2.24) is 9.88 Å². The van der Waals surface area contributed by atoms with E-state index in [0.717, 1.165) is 25.1 Å². The Hall–Kier alpha value is -2.31. The van der Waals surface area contributed by atoms with Crippen LogP contribution >= 0.6 is 11.6 Å². The molecule has 0 bridgehead atoms. The minimum atomic E-state index is -0.529. The smallest absolute Gasteiger partial charge is 0.358 e. The Labute approximate surface area is 176 Å². The number of pyridine rings is 1. The molecule has 2 heterocycles. The molecule has 6 nitrogen and oxygen atoms in total. The lowest BCUT2D eigenvalue weighted by molar-refractivity contribution is 0.0230. The normalized spacial score (nSPS) is 19.6. The lowest BCUT2D eigenvalue weighted by atomic mass is 9.85. The molecule has 1 aliphatic heterocycles. The Kier molecular flexibility index (Phi) is 7.34. The van der Waals surface area contributed by atoms with Crippen molar-refractivity contribution in [3.8, 4) is 11.6 Å². The summed E-state index contributed by atoms with van der Waals surface area (Å²) in [6.07, 6.45) is 2.04. The van der Waals surface area contributed by atoms with E-state index in [-0.39, 0.29) is 22.7 Å². The molecule has 2 atom stereocenters. The van der Waals surface area contributed by atoms with Crippen molar-refractivity contribution in [2.24, 2.45) is 5.92 Å². The first-order valence-electron chi connectivity index (χ1n) is 9.84. The summed E-state index contributed by atoms with van der Waals surface area (Å²) in [6.45, 7) is 3.62. The number of halogens is 1. The average molecular weight is 419 g/mol. The summed E-state index contributed by atoms with van der Waals surface area (Å²) in [4.78, 5) is 19.1. The molecule has 1 aliphatic rings. The van der Waals surface area contributed by atoms with E-state index >= 15 is 0 Å². The third kappa shape index (κ3) is 5.19. The van der Waals surface area contributed by atoms with Crippen molar-refractivity contribution in [3.05, 3.63) is 52.7 Å². The second-order valence-corrected chi connectivity index (χ2v) is 7.52. The van der Waals surface area contributed by atoms with Gasteiger partial charge in [-0.2, -0.15) is 0 Å². The summed E-state index contributed by atoms with van der Waals surface area (Å²) in [6, 6.07) is 11.5. The number of hydrogen-bond donors (Lipinski definition) is 0. The maximum Gasteiger partial charge on any atom is 0.358 e. The molecule has 0 radical (unpaired) electrons. The number of ether oxygens (including phenoxy) is 3. The predicted octanol–water partition coefficient (Wildman–Crippen LogP) is 4.38. The van der Waals surface area contributed by atoms with Crippen molar-refractivity contribution < 1.29 is 19.0 Å². The molecule has 3 rings (SSSR count). The molecule has 1 saturated heterocycles. The van der Waals surface area contributed by atoms with Crippen LogP contribution in [0.4, 0.5) is 0 Å². The summed E-state index contributed by atoms with van der Waals surface area (Å²) in [5, 5.41) is 0.255. The van der Waals surface area contributed by atoms with E-state index < -0.39 is 5.97 Å². The predicted molar refractivity (Wildman–Crippen MR) is 112 cm³/mol. The quantitative estimate of drug-likeness (QED) is 0.622. The first-order valence-corrected chi connectivity index (χ1v) is 10.2. The van der Waals surface area contributed by atoms with Crippen LogP contribution in [0.2, 0.25) is 5.02 Å². The minimum Gasteiger partial charge on any atom is -0.497 e. The molecule has 7 heteroatoms. The fraction of sp³-hybridized carbons (Fsp3) is 0.455. The molecule has 29 heavy (non-hydrogen) atoms. The Morgan fingerprint density at radius 1 is 1.24 bits per heavy atom. The van der Waals surface area contributed by atoms with Crippen LogP contribution in [0.3, 0.4) is 0 Å². The van der Waals surface area contributed by atoms with Gasteiger partial charge in [0.15, 0.2) is 5.69 Å². The second-order valence-electron chi connectivity index (χ2n) is 7.11. The number of benzene rings is 1. The number of hydrogen-bond acceptors (Lipinski definition) is 6. The molecular formula is C22H27ClN2O4. The third-order valence-corrected chi connectivity index (χ3v) is 5.50. The van der Waals surface area contributed by atoms with E-state index in [1.54, 1.807) is 19.2 Å². The van der Waals surface area contributed by atoms with E-state index in [1.165, 1.54) is 5.56 Å². The van der Waals surface area contributed by atoms with Crippen LogP contribution < -0.4 is 9.47 Å². The summed E-state index contributed by atoms with van der Waals surface area (Å²) in [5.41, 5.74) is 1.27. The number of esters is 1. The highest BCUT2D eigenvalue weighted by Crippen LogP contribution is 2.36. The third-order valence-electron chi connectivity index (χ3n) is 5.20. The molecule has 0 unspecified atom stereocenters. The van der Waals surface area contributed by atoms with Crippen molar-refractivity contribution in [3.63, 3.8) is 0 Å². The number of rotatable bonds is 7. The monoisotopic (exact) mass is 418 g/mol. The first kappa shape index (κ1) is 21.4. The lowest BCUT2D eigenvalue weighted by Crippen LogP contribution is -2.38. The number of piperidine rings is 1. The average Bonchev–Trinajstić information content (AvgIpc) is 2.73. The van der Waals surface area contributed by atoms with Crippen LogP contribution in [0.1, 0.15) is 41.9 Å². The van der Waals surface area contributed by atoms with Crippen LogP contribution in [-0.2, 0) is 4.74 Å². The van der Waals surface area contributed by atoms with Crippen molar-refractivity contribution in [2.75, 3.05) is 33.9 Å². The van der Waals surface area contributed by atoms with Gasteiger partial charge in [0, 0.05) is 18.0 Å². The van der Waals surface area contributed by atoms with Gasteiger partial charge in [-0.15, -0.1) is 0 Å². The standard InChI is InChI=1S/C22H27ClN2O4/c1-4-28-19-12-11-18(23)20(24-19)22(26)29-14-16-6-5-13-25(2)21(16)15-7-9-17(27-3)10-8-15/h7-12,16,21H,4-6,13-14H2,1-3H3/t16-,21-/m0/s1. The fourth-order valence-electron chi connectivity index (χ4n) is 3.81. The fourth-order valence-corrected chi connectivity index (χ4v) is 3.99. The van der Waals surface area contributed by atoms with Crippen LogP contribution in [0.5, 0.6) is 11.6 Å². The van der Waals surface area contributed by atoms with Crippen LogP contribution in [-0.4, -0.2) is 49.8 Å². The molecule has 0 spiro atoms. The number of carbonyl (C=O) groups is 1. The number of methoxy groups -OCH3 is 1. The minimum absolute atomic E-state index is 0.0859. The van der Waals surface area contributed by atoms with Crippen molar-refractivity contribution in [1.29, 1.82) is 0 Å². The van der Waals surface area contributed by atoms with Gasteiger partial charge >= 0.3 is 5.97 Å². The number of carbonyl (C=O) groups excluding carboxylic acids is 1. The second kappa shape index (κ2) is 9.94. The highest BCUT2D eigenvalue weighted by Gasteiger charge is 2.32. The number of likely N-dealkylation sites (tertiary alicyclic amines) is 1. The van der Waals surface area contributed by atoms with Gasteiger partial charge in [0.2, 0.25) is 5.88 Å².